The predicted octanol–water partition coefficient (Wildman–Crippen LogP) is 3.51. The van der Waals surface area contributed by atoms with E-state index in [0.717, 1.165) is 19.4 Å². The molecule has 0 aromatic rings. The lowest BCUT2D eigenvalue weighted by molar-refractivity contribution is -0.144. The lowest BCUT2D eigenvalue weighted by Gasteiger charge is -2.27. The van der Waals surface area contributed by atoms with Crippen LogP contribution in [0.5, 0.6) is 0 Å². The van der Waals surface area contributed by atoms with Crippen molar-refractivity contribution in [3.8, 4) is 0 Å². The number of hydrogen-bond acceptors (Lipinski definition) is 3. The van der Waals surface area contributed by atoms with Crippen molar-refractivity contribution in [3.63, 3.8) is 0 Å². The molecule has 2 N–H and O–H groups in total. The summed E-state index contributed by atoms with van der Waals surface area (Å²) in [4.78, 5) is 13.9. The van der Waals surface area contributed by atoms with Crippen molar-refractivity contribution in [2.24, 2.45) is 0 Å². The van der Waals surface area contributed by atoms with Crippen molar-refractivity contribution in [2.45, 2.75) is 78.2 Å². The van der Waals surface area contributed by atoms with Crippen LogP contribution in [0.1, 0.15) is 72.6 Å². The Morgan fingerprint density at radius 1 is 1.00 bits per heavy atom. The molecule has 0 aromatic carbocycles. The van der Waals surface area contributed by atoms with E-state index in [-0.39, 0.29) is 0 Å². The minimum absolute atomic E-state index is 0.696. The monoisotopic (exact) mass is 300 g/mol. The Labute approximate surface area is 131 Å². The summed E-state index contributed by atoms with van der Waals surface area (Å²) in [6.45, 7) is 12.4. The molecule has 0 aliphatic carbocycles. The van der Waals surface area contributed by atoms with Gasteiger partial charge in [-0.25, -0.2) is 0 Å². The first-order chi connectivity index (χ1) is 10.00. The highest BCUT2D eigenvalue weighted by molar-refractivity contribution is 5.78. The van der Waals surface area contributed by atoms with Gasteiger partial charge < -0.3 is 15.3 Å². The van der Waals surface area contributed by atoms with Crippen LogP contribution in [0, 0.1) is 0 Å². The van der Waals surface area contributed by atoms with Crippen LogP contribution in [0.4, 0.5) is 0 Å². The largest absolute Gasteiger partial charge is 0.480 e. The Morgan fingerprint density at radius 2 is 1.52 bits per heavy atom. The Balaban J connectivity index is 4.08. The van der Waals surface area contributed by atoms with Gasteiger partial charge in [-0.3, -0.25) is 4.79 Å². The van der Waals surface area contributed by atoms with Gasteiger partial charge in [-0.05, 0) is 65.2 Å². The maximum absolute atomic E-state index is 11.3. The van der Waals surface area contributed by atoms with E-state index in [1.807, 2.05) is 6.92 Å². The lowest BCUT2D eigenvalue weighted by atomic mass is 9.95. The molecule has 4 nitrogen and oxygen atoms in total. The van der Waals surface area contributed by atoms with Crippen LogP contribution in [0.15, 0.2) is 0 Å². The number of hydrogen-bond donors (Lipinski definition) is 2. The van der Waals surface area contributed by atoms with Gasteiger partial charge in [-0.2, -0.15) is 0 Å². The highest BCUT2D eigenvalue weighted by Gasteiger charge is 2.31. The van der Waals surface area contributed by atoms with Gasteiger partial charge in [0.15, 0.2) is 0 Å². The fourth-order valence-electron chi connectivity index (χ4n) is 2.57. The summed E-state index contributed by atoms with van der Waals surface area (Å²) in [5.74, 6) is -0.738. The summed E-state index contributed by atoms with van der Waals surface area (Å²) in [5.41, 5.74) is -0.771. The summed E-state index contributed by atoms with van der Waals surface area (Å²) < 4.78 is 0. The zero-order chi connectivity index (χ0) is 16.1. The quantitative estimate of drug-likeness (QED) is 0.482. The lowest BCUT2D eigenvalue weighted by Crippen LogP contribution is -2.49. The normalized spacial score (nSPS) is 14.3. The fraction of sp³-hybridized carbons (Fsp3) is 0.941. The van der Waals surface area contributed by atoms with Gasteiger partial charge in [0.25, 0.3) is 0 Å². The second-order valence-corrected chi connectivity index (χ2v) is 6.17. The molecule has 0 radical (unpaired) electrons. The van der Waals surface area contributed by atoms with E-state index >= 15 is 0 Å². The summed E-state index contributed by atoms with van der Waals surface area (Å²) in [5, 5.41) is 12.4. The molecule has 4 heteroatoms. The Morgan fingerprint density at radius 3 is 1.95 bits per heavy atom. The average Bonchev–Trinajstić information content (AvgIpc) is 2.45. The van der Waals surface area contributed by atoms with Crippen LogP contribution < -0.4 is 5.32 Å². The molecular weight excluding hydrogens is 264 g/mol. The second kappa shape index (κ2) is 12.0. The number of carbonyl (C=O) groups is 1. The van der Waals surface area contributed by atoms with Gasteiger partial charge in [-0.1, -0.05) is 33.6 Å². The number of rotatable bonds is 14. The topological polar surface area (TPSA) is 52.6 Å². The van der Waals surface area contributed by atoms with E-state index in [9.17, 15) is 9.90 Å². The molecule has 0 spiro atoms. The third-order valence-corrected chi connectivity index (χ3v) is 4.10. The minimum Gasteiger partial charge on any atom is -0.480 e. The maximum Gasteiger partial charge on any atom is 0.323 e. The van der Waals surface area contributed by atoms with E-state index in [4.69, 9.17) is 0 Å². The number of likely N-dealkylation sites (N-methyl/N-ethyl adjacent to an activating group) is 1. The summed E-state index contributed by atoms with van der Waals surface area (Å²) in [6.07, 6.45) is 7.74. The molecule has 0 aliphatic rings. The third kappa shape index (κ3) is 9.10. The van der Waals surface area contributed by atoms with E-state index in [2.05, 4.69) is 24.1 Å². The molecule has 0 aromatic heterocycles. The maximum atomic E-state index is 11.3. The molecule has 0 saturated carbocycles. The molecule has 0 heterocycles. The molecule has 1 atom stereocenters. The summed E-state index contributed by atoms with van der Waals surface area (Å²) in [7, 11) is 0. The predicted molar refractivity (Wildman–Crippen MR) is 89.8 cm³/mol. The van der Waals surface area contributed by atoms with Gasteiger partial charge in [0.1, 0.15) is 5.54 Å². The smallest absolute Gasteiger partial charge is 0.323 e. The van der Waals surface area contributed by atoms with E-state index in [1.54, 1.807) is 6.92 Å². The van der Waals surface area contributed by atoms with Crippen molar-refractivity contribution >= 4 is 5.97 Å². The first kappa shape index (κ1) is 20.4. The number of nitrogens with zero attached hydrogens (tertiary/aromatic N) is 1. The molecule has 0 rings (SSSR count). The molecule has 0 bridgehead atoms. The SMILES string of the molecule is CCCCN(CCCC)CCCCC(C)(NCC)C(=O)O. The standard InChI is InChI=1S/C17H36N2O2/c1-5-8-13-19(14-9-6-2)15-11-10-12-17(4,16(20)21)18-7-3/h18H,5-15H2,1-4H3,(H,20,21). The molecule has 0 saturated heterocycles. The molecular formula is C17H36N2O2. The van der Waals surface area contributed by atoms with Crippen LogP contribution in [0.3, 0.4) is 0 Å². The van der Waals surface area contributed by atoms with Gasteiger partial charge >= 0.3 is 5.97 Å². The number of unbranched alkanes of at least 4 members (excludes halogenated alkanes) is 3. The molecule has 126 valence electrons. The average molecular weight is 300 g/mol. The van der Waals surface area contributed by atoms with Crippen molar-refractivity contribution in [1.29, 1.82) is 0 Å². The second-order valence-electron chi connectivity index (χ2n) is 6.17. The summed E-state index contributed by atoms with van der Waals surface area (Å²) in [6, 6.07) is 0. The van der Waals surface area contributed by atoms with E-state index in [0.29, 0.717) is 13.0 Å². The van der Waals surface area contributed by atoms with Gasteiger partial charge in [-0.15, -0.1) is 0 Å². The first-order valence-corrected chi connectivity index (χ1v) is 8.70. The molecule has 0 amide bonds. The van der Waals surface area contributed by atoms with Crippen LogP contribution in [-0.4, -0.2) is 47.7 Å². The zero-order valence-corrected chi connectivity index (χ0v) is 14.6. The van der Waals surface area contributed by atoms with Crippen LogP contribution in [0.2, 0.25) is 0 Å². The van der Waals surface area contributed by atoms with Crippen molar-refractivity contribution in [3.05, 3.63) is 0 Å². The summed E-state index contributed by atoms with van der Waals surface area (Å²) >= 11 is 0. The fourth-order valence-corrected chi connectivity index (χ4v) is 2.57. The van der Waals surface area contributed by atoms with Gasteiger partial charge in [0.2, 0.25) is 0 Å². The Bertz CT molecular complexity index is 264. The van der Waals surface area contributed by atoms with Crippen LogP contribution in [0.25, 0.3) is 0 Å². The number of carboxylic acids is 1. The highest BCUT2D eigenvalue weighted by Crippen LogP contribution is 2.15. The number of nitrogens with one attached hydrogen (secondary N) is 1. The van der Waals surface area contributed by atoms with E-state index in [1.165, 1.54) is 38.8 Å². The van der Waals surface area contributed by atoms with Crippen molar-refractivity contribution in [1.82, 2.24) is 10.2 Å². The van der Waals surface area contributed by atoms with Crippen molar-refractivity contribution < 1.29 is 9.90 Å². The number of carboxylic acid groups (broad SMARTS) is 1. The van der Waals surface area contributed by atoms with Gasteiger partial charge in [0, 0.05) is 0 Å². The highest BCUT2D eigenvalue weighted by atomic mass is 16.4. The van der Waals surface area contributed by atoms with E-state index < -0.39 is 11.5 Å². The molecule has 0 aliphatic heterocycles. The minimum atomic E-state index is -0.771. The first-order valence-electron chi connectivity index (χ1n) is 8.70. The molecule has 21 heavy (non-hydrogen) atoms. The van der Waals surface area contributed by atoms with Gasteiger partial charge in [0.05, 0.1) is 0 Å². The number of aliphatic carboxylic acids is 1. The molecule has 0 fully saturated rings. The zero-order valence-electron chi connectivity index (χ0n) is 14.6. The van der Waals surface area contributed by atoms with Crippen LogP contribution in [-0.2, 0) is 4.79 Å². The van der Waals surface area contributed by atoms with Crippen molar-refractivity contribution in [2.75, 3.05) is 26.2 Å². The molecule has 1 unspecified atom stereocenters. The van der Waals surface area contributed by atoms with Crippen LogP contribution >= 0.6 is 0 Å². The Kier molecular flexibility index (Phi) is 11.6. The third-order valence-electron chi connectivity index (χ3n) is 4.10. The Hall–Kier alpha value is -0.610.